The van der Waals surface area contributed by atoms with Gasteiger partial charge in [0, 0.05) is 24.4 Å². The zero-order valence-electron chi connectivity index (χ0n) is 13.8. The maximum absolute atomic E-state index is 12.1. The quantitative estimate of drug-likeness (QED) is 0.702. The van der Waals surface area contributed by atoms with Gasteiger partial charge in [-0.1, -0.05) is 23.5 Å². The van der Waals surface area contributed by atoms with Crippen LogP contribution in [-0.4, -0.2) is 27.7 Å². The van der Waals surface area contributed by atoms with Crippen molar-refractivity contribution in [2.75, 3.05) is 11.9 Å². The normalized spacial score (nSPS) is 10.4. The number of pyridine rings is 1. The lowest BCUT2D eigenvalue weighted by Crippen LogP contribution is -2.12. The molecule has 0 spiro atoms. The van der Waals surface area contributed by atoms with E-state index in [0.717, 1.165) is 21.9 Å². The summed E-state index contributed by atoms with van der Waals surface area (Å²) >= 11 is 1.33. The molecule has 0 unspecified atom stereocenters. The minimum atomic E-state index is -0.0808. The zero-order chi connectivity index (χ0) is 17.5. The van der Waals surface area contributed by atoms with Crippen LogP contribution >= 0.6 is 11.3 Å². The van der Waals surface area contributed by atoms with Gasteiger partial charge in [-0.05, 0) is 43.2 Å². The summed E-state index contributed by atoms with van der Waals surface area (Å²) in [4.78, 5) is 16.1. The van der Waals surface area contributed by atoms with Crippen LogP contribution in [0.4, 0.5) is 5.13 Å². The van der Waals surface area contributed by atoms with Gasteiger partial charge in [0.1, 0.15) is 5.75 Å². The molecule has 6 nitrogen and oxygen atoms in total. The number of carbonyl (C=O) groups is 1. The molecule has 1 amide bonds. The van der Waals surface area contributed by atoms with Crippen molar-refractivity contribution in [3.8, 4) is 16.3 Å². The molecule has 7 heteroatoms. The van der Waals surface area contributed by atoms with E-state index in [0.29, 0.717) is 24.6 Å². The topological polar surface area (TPSA) is 77.0 Å². The summed E-state index contributed by atoms with van der Waals surface area (Å²) in [5.41, 5.74) is 1.97. The fraction of sp³-hybridized carbons (Fsp3) is 0.222. The van der Waals surface area contributed by atoms with Crippen LogP contribution in [0, 0.1) is 0 Å². The molecule has 0 atom stereocenters. The van der Waals surface area contributed by atoms with Crippen LogP contribution < -0.4 is 10.1 Å². The number of aromatic nitrogens is 3. The predicted molar refractivity (Wildman–Crippen MR) is 97.7 cm³/mol. The Bertz CT molecular complexity index is 819. The Kier molecular flexibility index (Phi) is 5.69. The average molecular weight is 354 g/mol. The van der Waals surface area contributed by atoms with Gasteiger partial charge in [-0.3, -0.25) is 9.78 Å². The Labute approximate surface area is 149 Å². The van der Waals surface area contributed by atoms with Crippen molar-refractivity contribution in [1.29, 1.82) is 0 Å². The molecule has 0 saturated heterocycles. The molecule has 2 aromatic heterocycles. The van der Waals surface area contributed by atoms with Crippen LogP contribution in [0.5, 0.6) is 5.75 Å². The van der Waals surface area contributed by atoms with Crippen LogP contribution in [0.15, 0.2) is 48.8 Å². The van der Waals surface area contributed by atoms with Gasteiger partial charge < -0.3 is 10.1 Å². The van der Waals surface area contributed by atoms with Gasteiger partial charge >= 0.3 is 0 Å². The van der Waals surface area contributed by atoms with E-state index in [1.54, 1.807) is 12.4 Å². The molecule has 3 rings (SSSR count). The Morgan fingerprint density at radius 2 is 2.04 bits per heavy atom. The van der Waals surface area contributed by atoms with Crippen molar-refractivity contribution in [2.24, 2.45) is 0 Å². The minimum Gasteiger partial charge on any atom is -0.494 e. The van der Waals surface area contributed by atoms with Crippen LogP contribution in [0.1, 0.15) is 18.9 Å². The summed E-state index contributed by atoms with van der Waals surface area (Å²) < 4.78 is 5.41. The molecule has 0 aliphatic heterocycles. The standard InChI is InChI=1S/C18H18N4O2S/c1-2-24-15-8-5-13(6-9-15)7-10-16(23)20-18-22-21-17(25-18)14-4-3-11-19-12-14/h3-6,8-9,11-12H,2,7,10H2,1H3,(H,20,22,23). The van der Waals surface area contributed by atoms with E-state index in [-0.39, 0.29) is 5.91 Å². The number of benzene rings is 1. The fourth-order valence-corrected chi connectivity index (χ4v) is 2.99. The smallest absolute Gasteiger partial charge is 0.226 e. The first kappa shape index (κ1) is 17.0. The highest BCUT2D eigenvalue weighted by Crippen LogP contribution is 2.25. The molecule has 0 radical (unpaired) electrons. The fourth-order valence-electron chi connectivity index (χ4n) is 2.24. The van der Waals surface area contributed by atoms with Crippen molar-refractivity contribution < 1.29 is 9.53 Å². The van der Waals surface area contributed by atoms with Crippen LogP contribution in [0.3, 0.4) is 0 Å². The molecule has 0 aliphatic carbocycles. The minimum absolute atomic E-state index is 0.0808. The number of nitrogens with zero attached hydrogens (tertiary/aromatic N) is 3. The van der Waals surface area contributed by atoms with E-state index in [1.165, 1.54) is 11.3 Å². The predicted octanol–water partition coefficient (Wildman–Crippen LogP) is 3.57. The average Bonchev–Trinajstić information content (AvgIpc) is 3.11. The summed E-state index contributed by atoms with van der Waals surface area (Å²) in [5.74, 6) is 0.760. The third-order valence-electron chi connectivity index (χ3n) is 3.45. The summed E-state index contributed by atoms with van der Waals surface area (Å²) in [6.45, 7) is 2.59. The molecule has 25 heavy (non-hydrogen) atoms. The number of hydrogen-bond donors (Lipinski definition) is 1. The molecule has 128 valence electrons. The van der Waals surface area contributed by atoms with Gasteiger partial charge in [0.05, 0.1) is 6.61 Å². The van der Waals surface area contributed by atoms with Crippen molar-refractivity contribution in [3.05, 3.63) is 54.4 Å². The maximum atomic E-state index is 12.1. The summed E-state index contributed by atoms with van der Waals surface area (Å²) in [6, 6.07) is 11.5. The third kappa shape index (κ3) is 4.84. The van der Waals surface area contributed by atoms with Crippen molar-refractivity contribution in [1.82, 2.24) is 15.2 Å². The molecule has 0 bridgehead atoms. The second-order valence-corrected chi connectivity index (χ2v) is 6.26. The van der Waals surface area contributed by atoms with Crippen molar-refractivity contribution in [3.63, 3.8) is 0 Å². The number of amides is 1. The van der Waals surface area contributed by atoms with E-state index in [9.17, 15) is 4.79 Å². The van der Waals surface area contributed by atoms with E-state index in [4.69, 9.17) is 4.74 Å². The molecule has 0 saturated carbocycles. The number of rotatable bonds is 7. The number of nitrogens with one attached hydrogen (secondary N) is 1. The van der Waals surface area contributed by atoms with Crippen LogP contribution in [0.25, 0.3) is 10.6 Å². The largest absolute Gasteiger partial charge is 0.494 e. The third-order valence-corrected chi connectivity index (χ3v) is 4.34. The van der Waals surface area contributed by atoms with Crippen LogP contribution in [0.2, 0.25) is 0 Å². The lowest BCUT2D eigenvalue weighted by Gasteiger charge is -2.05. The molecule has 0 fully saturated rings. The van der Waals surface area contributed by atoms with Gasteiger partial charge in [0.25, 0.3) is 0 Å². The van der Waals surface area contributed by atoms with Gasteiger partial charge in [-0.25, -0.2) is 0 Å². The number of aryl methyl sites for hydroxylation is 1. The Balaban J connectivity index is 1.52. The van der Waals surface area contributed by atoms with Gasteiger partial charge in [0.15, 0.2) is 5.01 Å². The summed E-state index contributed by atoms with van der Waals surface area (Å²) in [6.07, 6.45) is 4.47. The highest BCUT2D eigenvalue weighted by molar-refractivity contribution is 7.18. The van der Waals surface area contributed by atoms with E-state index >= 15 is 0 Å². The van der Waals surface area contributed by atoms with Gasteiger partial charge in [0.2, 0.25) is 11.0 Å². The molecular formula is C18H18N4O2S. The second kappa shape index (κ2) is 8.34. The number of carbonyl (C=O) groups excluding carboxylic acids is 1. The first-order valence-electron chi connectivity index (χ1n) is 8.00. The van der Waals surface area contributed by atoms with E-state index < -0.39 is 0 Å². The van der Waals surface area contributed by atoms with Gasteiger partial charge in [-0.15, -0.1) is 10.2 Å². The summed E-state index contributed by atoms with van der Waals surface area (Å²) in [7, 11) is 0. The Hall–Kier alpha value is -2.80. The molecule has 3 aromatic rings. The highest BCUT2D eigenvalue weighted by Gasteiger charge is 2.10. The summed E-state index contributed by atoms with van der Waals surface area (Å²) in [5, 5.41) is 12.1. The molecule has 1 N–H and O–H groups in total. The van der Waals surface area contributed by atoms with E-state index in [2.05, 4.69) is 20.5 Å². The van der Waals surface area contributed by atoms with E-state index in [1.807, 2.05) is 43.3 Å². The molecule has 0 aliphatic rings. The van der Waals surface area contributed by atoms with Crippen molar-refractivity contribution >= 4 is 22.4 Å². The Morgan fingerprint density at radius 3 is 2.76 bits per heavy atom. The number of ether oxygens (including phenoxy) is 1. The zero-order valence-corrected chi connectivity index (χ0v) is 14.6. The van der Waals surface area contributed by atoms with Crippen molar-refractivity contribution in [2.45, 2.75) is 19.8 Å². The molecule has 1 aromatic carbocycles. The van der Waals surface area contributed by atoms with Gasteiger partial charge in [-0.2, -0.15) is 0 Å². The first-order chi connectivity index (χ1) is 12.2. The lowest BCUT2D eigenvalue weighted by molar-refractivity contribution is -0.116. The monoisotopic (exact) mass is 354 g/mol. The maximum Gasteiger partial charge on any atom is 0.226 e. The highest BCUT2D eigenvalue weighted by atomic mass is 32.1. The first-order valence-corrected chi connectivity index (χ1v) is 8.81. The second-order valence-electron chi connectivity index (χ2n) is 5.28. The lowest BCUT2D eigenvalue weighted by atomic mass is 10.1. The number of anilines is 1. The van der Waals surface area contributed by atoms with Crippen LogP contribution in [-0.2, 0) is 11.2 Å². The Morgan fingerprint density at radius 1 is 1.20 bits per heavy atom. The molecular weight excluding hydrogens is 336 g/mol. The molecule has 2 heterocycles. The number of hydrogen-bond acceptors (Lipinski definition) is 6. The SMILES string of the molecule is CCOc1ccc(CCC(=O)Nc2nnc(-c3cccnc3)s2)cc1.